The maximum atomic E-state index is 11.3. The number of esters is 1. The summed E-state index contributed by atoms with van der Waals surface area (Å²) in [6.45, 7) is 4.44. The minimum Gasteiger partial charge on any atom is -0.465 e. The molecule has 1 rings (SSSR count). The Morgan fingerprint density at radius 2 is 1.93 bits per heavy atom. The molecule has 1 fully saturated rings. The van der Waals surface area contributed by atoms with Crippen LogP contribution < -0.4 is 0 Å². The second kappa shape index (κ2) is 7.72. The molecule has 1 aliphatic carbocycles. The third kappa shape index (κ3) is 5.81. The lowest BCUT2D eigenvalue weighted by Gasteiger charge is -2.09. The fourth-order valence-corrected chi connectivity index (χ4v) is 2.08. The molecular weight excluding hydrogens is 188 g/mol. The maximum absolute atomic E-state index is 11.3. The Morgan fingerprint density at radius 3 is 2.60 bits per heavy atom. The third-order valence-electron chi connectivity index (χ3n) is 3.09. The van der Waals surface area contributed by atoms with Gasteiger partial charge in [-0.3, -0.25) is 4.79 Å². The number of unbranched alkanes of at least 4 members (excludes halogenated alkanes) is 3. The number of hydrogen-bond donors (Lipinski definition) is 0. The van der Waals surface area contributed by atoms with Crippen molar-refractivity contribution in [1.29, 1.82) is 0 Å². The average Bonchev–Trinajstić information content (AvgIpc) is 2.74. The zero-order valence-electron chi connectivity index (χ0n) is 9.67. The van der Waals surface area contributed by atoms with E-state index in [4.69, 9.17) is 4.74 Å². The predicted molar refractivity (Wildman–Crippen MR) is 61.4 cm³/mol. The minimum atomic E-state index is -0.00837. The molecule has 0 unspecified atom stereocenters. The molecule has 0 amide bonds. The van der Waals surface area contributed by atoms with Gasteiger partial charge in [0.15, 0.2) is 0 Å². The summed E-state index contributed by atoms with van der Waals surface area (Å²) in [5, 5.41) is 0. The third-order valence-corrected chi connectivity index (χ3v) is 3.09. The van der Waals surface area contributed by atoms with Crippen molar-refractivity contribution in [3.8, 4) is 0 Å². The van der Waals surface area contributed by atoms with Gasteiger partial charge >= 0.3 is 5.97 Å². The summed E-state index contributed by atoms with van der Waals surface area (Å²) in [5.74, 6) is 0.639. The van der Waals surface area contributed by atoms with E-state index in [1.165, 1.54) is 25.7 Å². The summed E-state index contributed by atoms with van der Waals surface area (Å²) in [6, 6.07) is 0. The number of rotatable bonds is 7. The van der Waals surface area contributed by atoms with Crippen molar-refractivity contribution >= 4 is 5.97 Å². The van der Waals surface area contributed by atoms with E-state index < -0.39 is 0 Å². The summed E-state index contributed by atoms with van der Waals surface area (Å²) in [6.07, 6.45) is 9.85. The summed E-state index contributed by atoms with van der Waals surface area (Å²) in [5.41, 5.74) is 0. The molecule has 0 bridgehead atoms. The second-order valence-corrected chi connectivity index (χ2v) is 4.50. The molecule has 0 spiro atoms. The van der Waals surface area contributed by atoms with Crippen molar-refractivity contribution < 1.29 is 9.53 Å². The molecule has 0 atom stereocenters. The van der Waals surface area contributed by atoms with E-state index in [1.807, 2.05) is 0 Å². The Kier molecular flexibility index (Phi) is 6.45. The zero-order valence-corrected chi connectivity index (χ0v) is 9.67. The van der Waals surface area contributed by atoms with Crippen molar-refractivity contribution in [3.63, 3.8) is 0 Å². The standard InChI is InChI=1S/C13H23O2/c1-2-3-4-5-10-13(14)15-11-12-8-6-7-9-12/h12H,1-11H2. The Bertz CT molecular complexity index is 171. The van der Waals surface area contributed by atoms with Crippen molar-refractivity contribution in [3.05, 3.63) is 6.92 Å². The van der Waals surface area contributed by atoms with E-state index >= 15 is 0 Å². The summed E-state index contributed by atoms with van der Waals surface area (Å²) in [7, 11) is 0. The molecule has 0 aromatic heterocycles. The highest BCUT2D eigenvalue weighted by molar-refractivity contribution is 5.69. The van der Waals surface area contributed by atoms with Crippen LogP contribution in [0.5, 0.6) is 0 Å². The first-order chi connectivity index (χ1) is 7.33. The molecule has 1 radical (unpaired) electrons. The Balaban J connectivity index is 1.93. The average molecular weight is 211 g/mol. The van der Waals surface area contributed by atoms with Gasteiger partial charge in [0.2, 0.25) is 0 Å². The van der Waals surface area contributed by atoms with Crippen LogP contribution in [0.15, 0.2) is 0 Å². The van der Waals surface area contributed by atoms with Gasteiger partial charge in [0.25, 0.3) is 0 Å². The van der Waals surface area contributed by atoms with E-state index in [0.717, 1.165) is 25.7 Å². The molecule has 1 aliphatic rings. The number of carbonyl (C=O) groups excluding carboxylic acids is 1. The van der Waals surface area contributed by atoms with Gasteiger partial charge in [0, 0.05) is 6.42 Å². The van der Waals surface area contributed by atoms with Crippen LogP contribution in [-0.2, 0) is 9.53 Å². The smallest absolute Gasteiger partial charge is 0.305 e. The molecule has 0 aliphatic heterocycles. The molecule has 2 nitrogen and oxygen atoms in total. The lowest BCUT2D eigenvalue weighted by molar-refractivity contribution is -0.145. The fraction of sp³-hybridized carbons (Fsp3) is 0.846. The topological polar surface area (TPSA) is 26.3 Å². The Hall–Kier alpha value is -0.530. The normalized spacial score (nSPS) is 16.9. The van der Waals surface area contributed by atoms with E-state index in [2.05, 4.69) is 6.92 Å². The van der Waals surface area contributed by atoms with Gasteiger partial charge in [-0.25, -0.2) is 0 Å². The molecule has 0 aromatic rings. The highest BCUT2D eigenvalue weighted by Gasteiger charge is 2.16. The van der Waals surface area contributed by atoms with Crippen LogP contribution in [0.25, 0.3) is 0 Å². The first-order valence-electron chi connectivity index (χ1n) is 6.28. The van der Waals surface area contributed by atoms with Gasteiger partial charge in [-0.1, -0.05) is 39.0 Å². The van der Waals surface area contributed by atoms with Gasteiger partial charge in [0.1, 0.15) is 0 Å². The molecular formula is C13H23O2. The van der Waals surface area contributed by atoms with Crippen molar-refractivity contribution in [1.82, 2.24) is 0 Å². The van der Waals surface area contributed by atoms with Crippen molar-refractivity contribution in [2.45, 2.75) is 57.8 Å². The van der Waals surface area contributed by atoms with Crippen LogP contribution in [0.1, 0.15) is 57.8 Å². The summed E-state index contributed by atoms with van der Waals surface area (Å²) >= 11 is 0. The van der Waals surface area contributed by atoms with Crippen LogP contribution in [0.2, 0.25) is 0 Å². The predicted octanol–water partition coefficient (Wildman–Crippen LogP) is 3.50. The van der Waals surface area contributed by atoms with Crippen LogP contribution in [0, 0.1) is 12.8 Å². The maximum Gasteiger partial charge on any atom is 0.305 e. The van der Waals surface area contributed by atoms with E-state index in [1.54, 1.807) is 0 Å². The zero-order chi connectivity index (χ0) is 10.9. The van der Waals surface area contributed by atoms with E-state index in [9.17, 15) is 4.79 Å². The molecule has 1 saturated carbocycles. The monoisotopic (exact) mass is 211 g/mol. The second-order valence-electron chi connectivity index (χ2n) is 4.50. The van der Waals surface area contributed by atoms with E-state index in [0.29, 0.717) is 18.9 Å². The van der Waals surface area contributed by atoms with Crippen LogP contribution >= 0.6 is 0 Å². The first kappa shape index (κ1) is 12.5. The quantitative estimate of drug-likeness (QED) is 0.476. The Labute approximate surface area is 93.4 Å². The molecule has 87 valence electrons. The van der Waals surface area contributed by atoms with Gasteiger partial charge in [-0.05, 0) is 25.2 Å². The lowest BCUT2D eigenvalue weighted by atomic mass is 10.1. The Morgan fingerprint density at radius 1 is 1.20 bits per heavy atom. The molecule has 0 heterocycles. The summed E-state index contributed by atoms with van der Waals surface area (Å²) < 4.78 is 5.25. The number of carbonyl (C=O) groups is 1. The number of ether oxygens (including phenoxy) is 1. The SMILES string of the molecule is [CH2]CCCCCC(=O)OCC1CCCC1. The van der Waals surface area contributed by atoms with Crippen LogP contribution in [0.3, 0.4) is 0 Å². The molecule has 15 heavy (non-hydrogen) atoms. The van der Waals surface area contributed by atoms with Crippen LogP contribution in [-0.4, -0.2) is 12.6 Å². The minimum absolute atomic E-state index is 0.00837. The van der Waals surface area contributed by atoms with Gasteiger partial charge in [0.05, 0.1) is 6.61 Å². The highest BCUT2D eigenvalue weighted by Crippen LogP contribution is 2.24. The first-order valence-corrected chi connectivity index (χ1v) is 6.28. The van der Waals surface area contributed by atoms with Gasteiger partial charge in [-0.15, -0.1) is 0 Å². The van der Waals surface area contributed by atoms with Gasteiger partial charge < -0.3 is 4.74 Å². The largest absolute Gasteiger partial charge is 0.465 e. The number of hydrogen-bond acceptors (Lipinski definition) is 2. The van der Waals surface area contributed by atoms with Crippen molar-refractivity contribution in [2.24, 2.45) is 5.92 Å². The highest BCUT2D eigenvalue weighted by atomic mass is 16.5. The molecule has 0 saturated heterocycles. The molecule has 2 heteroatoms. The van der Waals surface area contributed by atoms with E-state index in [-0.39, 0.29) is 5.97 Å². The molecule has 0 N–H and O–H groups in total. The lowest BCUT2D eigenvalue weighted by Crippen LogP contribution is -2.11. The fourth-order valence-electron chi connectivity index (χ4n) is 2.08. The van der Waals surface area contributed by atoms with Crippen LogP contribution in [0.4, 0.5) is 0 Å². The van der Waals surface area contributed by atoms with Crippen molar-refractivity contribution in [2.75, 3.05) is 6.61 Å². The van der Waals surface area contributed by atoms with Gasteiger partial charge in [-0.2, -0.15) is 0 Å². The summed E-state index contributed by atoms with van der Waals surface area (Å²) in [4.78, 5) is 11.3. The molecule has 0 aromatic carbocycles.